The molecule has 1 radical (unpaired) electrons. The van der Waals surface area contributed by atoms with E-state index in [1.54, 1.807) is 16.9 Å². The summed E-state index contributed by atoms with van der Waals surface area (Å²) >= 11 is 0. The zero-order valence-electron chi connectivity index (χ0n) is 7.25. The fourth-order valence-corrected chi connectivity index (χ4v) is 1.13. The van der Waals surface area contributed by atoms with Gasteiger partial charge in [-0.1, -0.05) is 18.2 Å². The monoisotopic (exact) mass is 187 g/mol. The number of nitrogens with zero attached hydrogens (tertiary/aromatic N) is 2. The zero-order chi connectivity index (χ0) is 9.80. The largest absolute Gasteiger partial charge is 0.424 e. The molecule has 2 rings (SSSR count). The number of benzene rings is 1. The molecule has 0 unspecified atom stereocenters. The molecule has 1 aromatic carbocycles. The lowest BCUT2D eigenvalue weighted by Crippen LogP contribution is -1.95. The van der Waals surface area contributed by atoms with Crippen molar-refractivity contribution in [3.8, 4) is 11.6 Å². The molecule has 1 aromatic heterocycles. The number of hydrogen-bond acceptors (Lipinski definition) is 3. The third kappa shape index (κ3) is 1.64. The third-order valence-electron chi connectivity index (χ3n) is 1.73. The number of para-hydroxylation sites is 1. The van der Waals surface area contributed by atoms with Gasteiger partial charge in [0.2, 0.25) is 5.88 Å². The Morgan fingerprint density at radius 3 is 2.71 bits per heavy atom. The molecule has 0 fully saturated rings. The van der Waals surface area contributed by atoms with E-state index in [1.165, 1.54) is 6.47 Å². The normalized spacial score (nSPS) is 9.71. The van der Waals surface area contributed by atoms with Crippen LogP contribution in [-0.2, 0) is 4.79 Å². The molecule has 1 heterocycles. The van der Waals surface area contributed by atoms with Crippen LogP contribution in [0.4, 0.5) is 0 Å². The van der Waals surface area contributed by atoms with Crippen molar-refractivity contribution in [1.82, 2.24) is 9.78 Å². The first kappa shape index (κ1) is 8.50. The summed E-state index contributed by atoms with van der Waals surface area (Å²) in [6.45, 7) is 1.32. The summed E-state index contributed by atoms with van der Waals surface area (Å²) < 4.78 is 6.09. The molecule has 69 valence electrons. The van der Waals surface area contributed by atoms with Crippen LogP contribution in [0, 0.1) is 0 Å². The van der Waals surface area contributed by atoms with Gasteiger partial charge in [0.15, 0.2) is 0 Å². The van der Waals surface area contributed by atoms with E-state index in [4.69, 9.17) is 0 Å². The maximum atomic E-state index is 9.92. The number of carbonyl (C=O) groups excluding carboxylic acids is 1. The summed E-state index contributed by atoms with van der Waals surface area (Å²) in [7, 11) is 0. The minimum Gasteiger partial charge on any atom is -0.397 e. The first-order chi connectivity index (χ1) is 6.90. The van der Waals surface area contributed by atoms with Gasteiger partial charge in [-0.05, 0) is 12.1 Å². The molecule has 0 spiro atoms. The van der Waals surface area contributed by atoms with Gasteiger partial charge >= 0.3 is 6.47 Å². The average Bonchev–Trinajstić information content (AvgIpc) is 2.68. The first-order valence-corrected chi connectivity index (χ1v) is 4.05. The SMILES string of the molecule is O=[C]Oc1ccn(-c2ccccc2)n1. The van der Waals surface area contributed by atoms with Gasteiger partial charge in [0.1, 0.15) is 0 Å². The van der Waals surface area contributed by atoms with Crippen LogP contribution in [0.1, 0.15) is 0 Å². The molecule has 4 nitrogen and oxygen atoms in total. The predicted octanol–water partition coefficient (Wildman–Crippen LogP) is 1.32. The minimum atomic E-state index is 0.240. The average molecular weight is 187 g/mol. The van der Waals surface area contributed by atoms with E-state index in [1.807, 2.05) is 30.3 Å². The van der Waals surface area contributed by atoms with Crippen molar-refractivity contribution in [3.05, 3.63) is 42.6 Å². The summed E-state index contributed by atoms with van der Waals surface area (Å²) in [6.07, 6.45) is 1.71. The van der Waals surface area contributed by atoms with Gasteiger partial charge in [0.05, 0.1) is 5.69 Å². The summed E-state index contributed by atoms with van der Waals surface area (Å²) in [6, 6.07) is 11.1. The third-order valence-corrected chi connectivity index (χ3v) is 1.73. The second-order valence-electron chi connectivity index (χ2n) is 2.62. The Morgan fingerprint density at radius 2 is 2.00 bits per heavy atom. The fourth-order valence-electron chi connectivity index (χ4n) is 1.13. The fraction of sp³-hybridized carbons (Fsp3) is 0. The van der Waals surface area contributed by atoms with Gasteiger partial charge in [-0.3, -0.25) is 0 Å². The molecule has 0 N–H and O–H groups in total. The number of aromatic nitrogens is 2. The van der Waals surface area contributed by atoms with E-state index < -0.39 is 0 Å². The highest BCUT2D eigenvalue weighted by molar-refractivity contribution is 5.44. The molecule has 0 aliphatic rings. The van der Waals surface area contributed by atoms with Crippen LogP contribution in [0.15, 0.2) is 42.6 Å². The Morgan fingerprint density at radius 1 is 1.21 bits per heavy atom. The van der Waals surface area contributed by atoms with E-state index in [9.17, 15) is 4.79 Å². The second-order valence-corrected chi connectivity index (χ2v) is 2.62. The van der Waals surface area contributed by atoms with E-state index in [0.29, 0.717) is 0 Å². The maximum Gasteiger partial charge on any atom is 0.424 e. The molecule has 2 aromatic rings. The van der Waals surface area contributed by atoms with Gasteiger partial charge in [0, 0.05) is 12.3 Å². The predicted molar refractivity (Wildman–Crippen MR) is 49.9 cm³/mol. The van der Waals surface area contributed by atoms with E-state index >= 15 is 0 Å². The summed E-state index contributed by atoms with van der Waals surface area (Å²) in [5, 5.41) is 4.00. The first-order valence-electron chi connectivity index (χ1n) is 4.05. The maximum absolute atomic E-state index is 9.92. The van der Waals surface area contributed by atoms with Gasteiger partial charge < -0.3 is 4.74 Å². The van der Waals surface area contributed by atoms with Crippen LogP contribution in [0.3, 0.4) is 0 Å². The standard InChI is InChI=1S/C10H7N2O2/c13-8-14-10-6-7-12(11-10)9-4-2-1-3-5-9/h1-7H. The van der Waals surface area contributed by atoms with Gasteiger partial charge in [-0.2, -0.15) is 0 Å². The van der Waals surface area contributed by atoms with Crippen LogP contribution in [0.5, 0.6) is 5.88 Å². The van der Waals surface area contributed by atoms with E-state index in [2.05, 4.69) is 9.84 Å². The van der Waals surface area contributed by atoms with Gasteiger partial charge in [0.25, 0.3) is 0 Å². The molecule has 4 heteroatoms. The number of hydrogen-bond donors (Lipinski definition) is 0. The van der Waals surface area contributed by atoms with Crippen molar-refractivity contribution in [1.29, 1.82) is 0 Å². The Bertz CT molecular complexity index is 423. The van der Waals surface area contributed by atoms with Crippen molar-refractivity contribution < 1.29 is 9.53 Å². The highest BCUT2D eigenvalue weighted by Gasteiger charge is 2.00. The molecule has 0 saturated carbocycles. The molecule has 0 aliphatic heterocycles. The van der Waals surface area contributed by atoms with Gasteiger partial charge in [-0.25, -0.2) is 9.48 Å². The van der Waals surface area contributed by atoms with Crippen LogP contribution < -0.4 is 4.74 Å². The summed E-state index contributed by atoms with van der Waals surface area (Å²) in [5.74, 6) is 0.240. The van der Waals surface area contributed by atoms with Crippen LogP contribution in [0.2, 0.25) is 0 Å². The van der Waals surface area contributed by atoms with Crippen molar-refractivity contribution in [2.24, 2.45) is 0 Å². The zero-order valence-corrected chi connectivity index (χ0v) is 7.25. The lowest BCUT2D eigenvalue weighted by atomic mass is 10.3. The Hall–Kier alpha value is -2.10. The summed E-state index contributed by atoms with van der Waals surface area (Å²) in [5.41, 5.74) is 0.910. The molecule has 0 saturated heterocycles. The number of rotatable bonds is 3. The van der Waals surface area contributed by atoms with Crippen LogP contribution >= 0.6 is 0 Å². The van der Waals surface area contributed by atoms with Gasteiger partial charge in [-0.15, -0.1) is 5.10 Å². The molecule has 14 heavy (non-hydrogen) atoms. The van der Waals surface area contributed by atoms with E-state index in [-0.39, 0.29) is 5.88 Å². The van der Waals surface area contributed by atoms with Crippen molar-refractivity contribution in [3.63, 3.8) is 0 Å². The van der Waals surface area contributed by atoms with Crippen molar-refractivity contribution >= 4 is 6.47 Å². The molecular weight excluding hydrogens is 180 g/mol. The summed E-state index contributed by atoms with van der Waals surface area (Å²) in [4.78, 5) is 9.92. The second kappa shape index (κ2) is 3.74. The Balaban J connectivity index is 2.29. The Labute approximate surface area is 80.7 Å². The topological polar surface area (TPSA) is 44.1 Å². The lowest BCUT2D eigenvalue weighted by Gasteiger charge is -1.98. The smallest absolute Gasteiger partial charge is 0.397 e. The molecule has 0 aliphatic carbocycles. The number of ether oxygens (including phenoxy) is 1. The Kier molecular flexibility index (Phi) is 2.27. The van der Waals surface area contributed by atoms with Crippen LogP contribution in [-0.4, -0.2) is 16.3 Å². The molecule has 0 bridgehead atoms. The molecule has 0 atom stereocenters. The lowest BCUT2D eigenvalue weighted by molar-refractivity contribution is 0.430. The molecular formula is C10H7N2O2. The minimum absolute atomic E-state index is 0.240. The van der Waals surface area contributed by atoms with Crippen molar-refractivity contribution in [2.45, 2.75) is 0 Å². The van der Waals surface area contributed by atoms with Crippen LogP contribution in [0.25, 0.3) is 5.69 Å². The van der Waals surface area contributed by atoms with E-state index in [0.717, 1.165) is 5.69 Å². The van der Waals surface area contributed by atoms with Crippen molar-refractivity contribution in [2.75, 3.05) is 0 Å². The highest BCUT2D eigenvalue weighted by Crippen LogP contribution is 2.10. The molecule has 0 amide bonds. The quantitative estimate of drug-likeness (QED) is 0.727. The highest BCUT2D eigenvalue weighted by atomic mass is 16.5.